The Morgan fingerprint density at radius 2 is 1.91 bits per heavy atom. The molecule has 1 aromatic rings. The van der Waals surface area contributed by atoms with Gasteiger partial charge in [0.1, 0.15) is 0 Å². The molecular formula is C28H47N3O2. The zero-order valence-electron chi connectivity index (χ0n) is 22.0. The van der Waals surface area contributed by atoms with Crippen LogP contribution >= 0.6 is 0 Å². The summed E-state index contributed by atoms with van der Waals surface area (Å²) in [7, 11) is 5.43. The largest absolute Gasteiger partial charge is 0.379 e. The van der Waals surface area contributed by atoms with E-state index < -0.39 is 0 Å². The molecule has 0 bridgehead atoms. The van der Waals surface area contributed by atoms with Crippen LogP contribution in [0.15, 0.2) is 24.3 Å². The van der Waals surface area contributed by atoms with E-state index in [2.05, 4.69) is 55.3 Å². The van der Waals surface area contributed by atoms with Gasteiger partial charge in [0.15, 0.2) is 0 Å². The third kappa shape index (κ3) is 6.73. The molecule has 1 N–H and O–H groups in total. The predicted molar refractivity (Wildman–Crippen MR) is 137 cm³/mol. The molecule has 1 aromatic carbocycles. The highest BCUT2D eigenvalue weighted by atomic mass is 16.5. The highest BCUT2D eigenvalue weighted by Gasteiger charge is 2.42. The fraction of sp³-hybridized carbons (Fsp3) is 0.750. The Morgan fingerprint density at radius 1 is 1.21 bits per heavy atom. The number of methoxy groups -OCH3 is 1. The fourth-order valence-corrected chi connectivity index (χ4v) is 5.67. The summed E-state index contributed by atoms with van der Waals surface area (Å²) in [6.07, 6.45) is 9.62. The normalized spacial score (nSPS) is 21.5. The molecule has 1 aliphatic carbocycles. The molecule has 1 saturated heterocycles. The monoisotopic (exact) mass is 457 g/mol. The molecule has 2 atom stereocenters. The minimum absolute atomic E-state index is 0.000440. The third-order valence-electron chi connectivity index (χ3n) is 8.30. The van der Waals surface area contributed by atoms with E-state index >= 15 is 0 Å². The van der Waals surface area contributed by atoms with Crippen molar-refractivity contribution in [2.45, 2.75) is 89.2 Å². The van der Waals surface area contributed by atoms with Crippen molar-refractivity contribution in [1.29, 1.82) is 0 Å². The molecule has 0 saturated carbocycles. The molecule has 2 amide bonds. The average Bonchev–Trinajstić information content (AvgIpc) is 2.80. The van der Waals surface area contributed by atoms with Gasteiger partial charge in [-0.2, -0.15) is 0 Å². The quantitative estimate of drug-likeness (QED) is 0.514. The number of nitrogens with zero attached hydrogens (tertiary/aromatic N) is 2. The lowest BCUT2D eigenvalue weighted by atomic mass is 9.63. The number of carbonyl (C=O) groups excluding carboxylic acids is 1. The summed E-state index contributed by atoms with van der Waals surface area (Å²) in [6.45, 7) is 10.4. The summed E-state index contributed by atoms with van der Waals surface area (Å²) in [6, 6.07) is 8.98. The van der Waals surface area contributed by atoms with Gasteiger partial charge in [0.2, 0.25) is 0 Å². The van der Waals surface area contributed by atoms with Gasteiger partial charge in [0.05, 0.1) is 11.6 Å². The number of rotatable bonds is 9. The van der Waals surface area contributed by atoms with Gasteiger partial charge in [-0.15, -0.1) is 0 Å². The molecule has 1 heterocycles. The van der Waals surface area contributed by atoms with E-state index in [1.54, 1.807) is 4.90 Å². The van der Waals surface area contributed by atoms with Gasteiger partial charge >= 0.3 is 6.03 Å². The van der Waals surface area contributed by atoms with Crippen molar-refractivity contribution in [1.82, 2.24) is 15.1 Å². The lowest BCUT2D eigenvalue weighted by molar-refractivity contribution is 0.0126. The van der Waals surface area contributed by atoms with Gasteiger partial charge < -0.3 is 19.9 Å². The molecule has 1 unspecified atom stereocenters. The number of ether oxygens (including phenoxy) is 1. The van der Waals surface area contributed by atoms with Crippen LogP contribution in [-0.2, 0) is 10.2 Å². The first-order valence-electron chi connectivity index (χ1n) is 13.0. The topological polar surface area (TPSA) is 44.8 Å². The predicted octanol–water partition coefficient (Wildman–Crippen LogP) is 5.75. The van der Waals surface area contributed by atoms with Gasteiger partial charge in [0, 0.05) is 21.2 Å². The molecule has 2 aliphatic rings. The number of urea groups is 1. The van der Waals surface area contributed by atoms with Crippen molar-refractivity contribution < 1.29 is 9.53 Å². The second kappa shape index (κ2) is 11.2. The first-order chi connectivity index (χ1) is 15.7. The van der Waals surface area contributed by atoms with Crippen molar-refractivity contribution in [3.05, 3.63) is 35.4 Å². The summed E-state index contributed by atoms with van der Waals surface area (Å²) in [5.41, 5.74) is 3.10. The number of nitrogens with one attached hydrogen (secondary N) is 1. The van der Waals surface area contributed by atoms with Crippen molar-refractivity contribution in [2.24, 2.45) is 5.92 Å². The maximum absolute atomic E-state index is 12.3. The minimum Gasteiger partial charge on any atom is -0.379 e. The molecule has 5 nitrogen and oxygen atoms in total. The van der Waals surface area contributed by atoms with Crippen LogP contribution in [0.5, 0.6) is 0 Å². The number of amides is 2. The molecule has 3 rings (SSSR count). The average molecular weight is 458 g/mol. The van der Waals surface area contributed by atoms with Crippen molar-refractivity contribution in [3.8, 4) is 0 Å². The summed E-state index contributed by atoms with van der Waals surface area (Å²) in [4.78, 5) is 16.6. The Labute approximate surface area is 202 Å². The summed E-state index contributed by atoms with van der Waals surface area (Å²) in [5.74, 6) is 0.769. The number of benzene rings is 1. The number of hydrogen-bond donors (Lipinski definition) is 1. The van der Waals surface area contributed by atoms with Crippen LogP contribution in [0.1, 0.15) is 89.3 Å². The summed E-state index contributed by atoms with van der Waals surface area (Å²) in [5, 5.41) is 3.24. The zero-order chi connectivity index (χ0) is 24.1. The Bertz CT molecular complexity index is 768. The number of carbonyl (C=O) groups is 1. The molecule has 1 spiro atoms. The smallest absolute Gasteiger partial charge is 0.317 e. The molecule has 186 valence electrons. The lowest BCUT2D eigenvalue weighted by Gasteiger charge is -2.47. The lowest BCUT2D eigenvalue weighted by Crippen LogP contribution is -2.47. The first-order valence-corrected chi connectivity index (χ1v) is 13.0. The molecular weight excluding hydrogens is 410 g/mol. The van der Waals surface area contributed by atoms with Gasteiger partial charge in [-0.1, -0.05) is 44.0 Å². The Morgan fingerprint density at radius 3 is 2.58 bits per heavy atom. The van der Waals surface area contributed by atoms with Gasteiger partial charge in [0.25, 0.3) is 0 Å². The van der Waals surface area contributed by atoms with Crippen LogP contribution < -0.4 is 5.32 Å². The van der Waals surface area contributed by atoms with Crippen LogP contribution in [0.25, 0.3) is 0 Å². The Kier molecular flexibility index (Phi) is 8.85. The second-order valence-corrected chi connectivity index (χ2v) is 11.4. The van der Waals surface area contributed by atoms with E-state index in [4.69, 9.17) is 4.74 Å². The zero-order valence-corrected chi connectivity index (χ0v) is 22.0. The van der Waals surface area contributed by atoms with E-state index in [0.717, 1.165) is 18.8 Å². The second-order valence-electron chi connectivity index (χ2n) is 11.4. The van der Waals surface area contributed by atoms with Gasteiger partial charge in [-0.05, 0) is 94.5 Å². The SMILES string of the molecule is COC(C)(C)CCCC(C)CCN1CCC2(CC[C@H](NC(=O)N(C)C)c3ccccc32)CC1. The van der Waals surface area contributed by atoms with E-state index in [1.165, 1.54) is 69.3 Å². The van der Waals surface area contributed by atoms with Crippen molar-refractivity contribution in [3.63, 3.8) is 0 Å². The van der Waals surface area contributed by atoms with Gasteiger partial charge in [-0.25, -0.2) is 4.79 Å². The Hall–Kier alpha value is -1.59. The third-order valence-corrected chi connectivity index (χ3v) is 8.30. The van der Waals surface area contributed by atoms with E-state index in [0.29, 0.717) is 0 Å². The molecule has 5 heteroatoms. The van der Waals surface area contributed by atoms with Crippen molar-refractivity contribution in [2.75, 3.05) is 40.8 Å². The van der Waals surface area contributed by atoms with Crippen LogP contribution in [0.2, 0.25) is 0 Å². The van der Waals surface area contributed by atoms with Crippen LogP contribution in [0, 0.1) is 5.92 Å². The van der Waals surface area contributed by atoms with Crippen LogP contribution in [-0.4, -0.2) is 62.3 Å². The van der Waals surface area contributed by atoms with Gasteiger partial charge in [-0.3, -0.25) is 0 Å². The van der Waals surface area contributed by atoms with Crippen LogP contribution in [0.4, 0.5) is 4.79 Å². The van der Waals surface area contributed by atoms with E-state index in [9.17, 15) is 4.79 Å². The maximum atomic E-state index is 12.3. The standard InChI is InChI=1S/C28H47N3O2/c1-22(10-9-15-27(2,3)33-6)14-19-31-20-17-28(18-21-31)16-13-25(29-26(32)30(4)5)23-11-7-8-12-24(23)28/h7-8,11-12,22,25H,9-10,13-21H2,1-6H3,(H,29,32)/t22?,25-/m0/s1. The molecule has 0 radical (unpaired) electrons. The highest BCUT2D eigenvalue weighted by Crippen LogP contribution is 2.48. The highest BCUT2D eigenvalue weighted by molar-refractivity contribution is 5.74. The number of piperidine rings is 1. The number of fused-ring (bicyclic) bond motifs is 2. The fourth-order valence-electron chi connectivity index (χ4n) is 5.67. The Balaban J connectivity index is 1.51. The summed E-state index contributed by atoms with van der Waals surface area (Å²) < 4.78 is 5.56. The molecule has 1 fully saturated rings. The molecule has 1 aliphatic heterocycles. The van der Waals surface area contributed by atoms with Crippen LogP contribution in [0.3, 0.4) is 0 Å². The maximum Gasteiger partial charge on any atom is 0.317 e. The number of likely N-dealkylation sites (tertiary alicyclic amines) is 1. The number of hydrogen-bond acceptors (Lipinski definition) is 3. The van der Waals surface area contributed by atoms with E-state index in [-0.39, 0.29) is 23.1 Å². The molecule has 33 heavy (non-hydrogen) atoms. The minimum atomic E-state index is 0.000440. The van der Waals surface area contributed by atoms with E-state index in [1.807, 2.05) is 21.2 Å². The van der Waals surface area contributed by atoms with Crippen molar-refractivity contribution >= 4 is 6.03 Å². The molecule has 0 aromatic heterocycles. The summed E-state index contributed by atoms with van der Waals surface area (Å²) >= 11 is 0. The first kappa shape index (κ1) is 26.0.